The number of carbonyl (C=O) groups excluding carboxylic acids is 2. The second-order valence-electron chi connectivity index (χ2n) is 7.51. The minimum absolute atomic E-state index is 0.275. The topological polar surface area (TPSA) is 95.6 Å². The Morgan fingerprint density at radius 2 is 1.60 bits per heavy atom. The lowest BCUT2D eigenvalue weighted by molar-refractivity contribution is -0.136. The van der Waals surface area contributed by atoms with E-state index in [9.17, 15) is 18.0 Å². The Morgan fingerprint density at radius 3 is 2.23 bits per heavy atom. The van der Waals surface area contributed by atoms with Crippen molar-refractivity contribution in [3.05, 3.63) is 59.2 Å². The van der Waals surface area contributed by atoms with Crippen molar-refractivity contribution in [2.45, 2.75) is 38.0 Å². The van der Waals surface area contributed by atoms with Crippen LogP contribution in [0.3, 0.4) is 0 Å². The number of benzene rings is 2. The number of anilines is 1. The molecule has 2 aromatic carbocycles. The van der Waals surface area contributed by atoms with Crippen LogP contribution in [0.1, 0.15) is 29.5 Å². The van der Waals surface area contributed by atoms with Gasteiger partial charge in [0.2, 0.25) is 10.0 Å². The molecule has 0 bridgehead atoms. The first-order valence-corrected chi connectivity index (χ1v) is 11.5. The van der Waals surface area contributed by atoms with Gasteiger partial charge in [-0.25, -0.2) is 8.42 Å². The molecule has 0 saturated carbocycles. The van der Waals surface area contributed by atoms with Gasteiger partial charge in [0.1, 0.15) is 0 Å². The van der Waals surface area contributed by atoms with Crippen LogP contribution in [-0.2, 0) is 26.0 Å². The van der Waals surface area contributed by atoms with Crippen molar-refractivity contribution in [1.82, 2.24) is 9.62 Å². The SMILES string of the molecule is Cc1ccc(NC(=O)C(=O)NCCc2ccc(S(=O)(=O)N3CCCC3)cc2)cc1C. The van der Waals surface area contributed by atoms with Crippen molar-refractivity contribution >= 4 is 27.5 Å². The van der Waals surface area contributed by atoms with Crippen molar-refractivity contribution in [2.24, 2.45) is 0 Å². The molecular formula is C22H27N3O4S. The van der Waals surface area contributed by atoms with Gasteiger partial charge < -0.3 is 10.6 Å². The highest BCUT2D eigenvalue weighted by Gasteiger charge is 2.26. The van der Waals surface area contributed by atoms with Gasteiger partial charge in [-0.2, -0.15) is 4.31 Å². The second-order valence-corrected chi connectivity index (χ2v) is 9.45. The molecule has 0 atom stereocenters. The molecule has 0 aromatic heterocycles. The molecule has 1 heterocycles. The van der Waals surface area contributed by atoms with Gasteiger partial charge in [0.05, 0.1) is 4.90 Å². The van der Waals surface area contributed by atoms with Gasteiger partial charge in [0.15, 0.2) is 0 Å². The number of nitrogens with zero attached hydrogens (tertiary/aromatic N) is 1. The molecule has 0 radical (unpaired) electrons. The molecule has 2 amide bonds. The minimum Gasteiger partial charge on any atom is -0.347 e. The quantitative estimate of drug-likeness (QED) is 0.689. The number of hydrogen-bond donors (Lipinski definition) is 2. The van der Waals surface area contributed by atoms with Crippen molar-refractivity contribution in [3.8, 4) is 0 Å². The van der Waals surface area contributed by atoms with Crippen LogP contribution in [0.4, 0.5) is 5.69 Å². The van der Waals surface area contributed by atoms with E-state index in [-0.39, 0.29) is 11.4 Å². The van der Waals surface area contributed by atoms with E-state index in [4.69, 9.17) is 0 Å². The van der Waals surface area contributed by atoms with Gasteiger partial charge in [-0.1, -0.05) is 18.2 Å². The third kappa shape index (κ3) is 5.25. The summed E-state index contributed by atoms with van der Waals surface area (Å²) in [5.41, 5.74) is 3.60. The van der Waals surface area contributed by atoms with Crippen LogP contribution < -0.4 is 10.6 Å². The van der Waals surface area contributed by atoms with Crippen LogP contribution in [0, 0.1) is 13.8 Å². The molecule has 0 spiro atoms. The Balaban J connectivity index is 1.49. The largest absolute Gasteiger partial charge is 0.347 e. The second kappa shape index (κ2) is 9.40. The maximum atomic E-state index is 12.5. The van der Waals surface area contributed by atoms with Gasteiger partial charge in [-0.05, 0) is 74.1 Å². The summed E-state index contributed by atoms with van der Waals surface area (Å²) in [5, 5.41) is 5.18. The summed E-state index contributed by atoms with van der Waals surface area (Å²) in [7, 11) is -3.43. The Morgan fingerprint density at radius 1 is 0.933 bits per heavy atom. The fourth-order valence-corrected chi connectivity index (χ4v) is 4.83. The molecule has 3 rings (SSSR count). The van der Waals surface area contributed by atoms with Crippen molar-refractivity contribution in [2.75, 3.05) is 25.0 Å². The lowest BCUT2D eigenvalue weighted by Crippen LogP contribution is -2.36. The van der Waals surface area contributed by atoms with E-state index >= 15 is 0 Å². The van der Waals surface area contributed by atoms with Crippen molar-refractivity contribution < 1.29 is 18.0 Å². The van der Waals surface area contributed by atoms with Crippen LogP contribution >= 0.6 is 0 Å². The summed E-state index contributed by atoms with van der Waals surface area (Å²) < 4.78 is 26.6. The molecule has 7 nitrogen and oxygen atoms in total. The van der Waals surface area contributed by atoms with E-state index in [0.29, 0.717) is 25.2 Å². The fourth-order valence-electron chi connectivity index (χ4n) is 3.31. The average molecular weight is 430 g/mol. The lowest BCUT2D eigenvalue weighted by atomic mass is 10.1. The van der Waals surface area contributed by atoms with Crippen LogP contribution in [0.5, 0.6) is 0 Å². The Kier molecular flexibility index (Phi) is 6.89. The Labute approximate surface area is 177 Å². The highest BCUT2D eigenvalue weighted by atomic mass is 32.2. The van der Waals surface area contributed by atoms with Gasteiger partial charge in [-0.15, -0.1) is 0 Å². The summed E-state index contributed by atoms with van der Waals surface area (Å²) in [6.07, 6.45) is 2.29. The summed E-state index contributed by atoms with van der Waals surface area (Å²) in [5.74, 6) is -1.42. The number of aryl methyl sites for hydroxylation is 2. The average Bonchev–Trinajstić information content (AvgIpc) is 3.27. The smallest absolute Gasteiger partial charge is 0.313 e. The highest BCUT2D eigenvalue weighted by Crippen LogP contribution is 2.21. The molecular weight excluding hydrogens is 402 g/mol. The highest BCUT2D eigenvalue weighted by molar-refractivity contribution is 7.89. The first-order valence-electron chi connectivity index (χ1n) is 10.0. The van der Waals surface area contributed by atoms with Crippen LogP contribution in [-0.4, -0.2) is 44.2 Å². The maximum absolute atomic E-state index is 12.5. The maximum Gasteiger partial charge on any atom is 0.313 e. The molecule has 2 N–H and O–H groups in total. The van der Waals surface area contributed by atoms with Gasteiger partial charge in [0, 0.05) is 25.3 Å². The van der Waals surface area contributed by atoms with Gasteiger partial charge in [-0.3, -0.25) is 9.59 Å². The molecule has 0 aliphatic carbocycles. The summed E-state index contributed by atoms with van der Waals surface area (Å²) >= 11 is 0. The predicted octanol–water partition coefficient (Wildman–Crippen LogP) is 2.39. The molecule has 1 aliphatic heterocycles. The number of nitrogens with one attached hydrogen (secondary N) is 2. The normalized spacial score (nSPS) is 14.5. The molecule has 0 unspecified atom stereocenters. The van der Waals surface area contributed by atoms with Gasteiger partial charge in [0.25, 0.3) is 0 Å². The van der Waals surface area contributed by atoms with E-state index in [1.165, 1.54) is 4.31 Å². The molecule has 2 aromatic rings. The van der Waals surface area contributed by atoms with E-state index < -0.39 is 21.8 Å². The fraction of sp³-hybridized carbons (Fsp3) is 0.364. The van der Waals surface area contributed by atoms with E-state index in [1.54, 1.807) is 30.3 Å². The van der Waals surface area contributed by atoms with Crippen LogP contribution in [0.25, 0.3) is 0 Å². The number of hydrogen-bond acceptors (Lipinski definition) is 4. The number of rotatable bonds is 6. The third-order valence-corrected chi connectivity index (χ3v) is 7.21. The predicted molar refractivity (Wildman–Crippen MR) is 116 cm³/mol. The lowest BCUT2D eigenvalue weighted by Gasteiger charge is -2.15. The standard InChI is InChI=1S/C22H27N3O4S/c1-16-5-8-19(15-17(16)2)24-22(27)21(26)23-12-11-18-6-9-20(10-7-18)30(28,29)25-13-3-4-14-25/h5-10,15H,3-4,11-14H2,1-2H3,(H,23,26)(H,24,27). The van der Waals surface area contributed by atoms with E-state index in [2.05, 4.69) is 10.6 Å². The molecule has 30 heavy (non-hydrogen) atoms. The Bertz CT molecular complexity index is 1030. The van der Waals surface area contributed by atoms with Crippen LogP contribution in [0.15, 0.2) is 47.4 Å². The van der Waals surface area contributed by atoms with E-state index in [1.807, 2.05) is 26.0 Å². The summed E-state index contributed by atoms with van der Waals surface area (Å²) in [4.78, 5) is 24.3. The molecule has 8 heteroatoms. The Hall–Kier alpha value is -2.71. The zero-order valence-electron chi connectivity index (χ0n) is 17.3. The number of amides is 2. The summed E-state index contributed by atoms with van der Waals surface area (Å²) in [6, 6.07) is 12.1. The number of sulfonamides is 1. The molecule has 1 fully saturated rings. The number of carbonyl (C=O) groups is 2. The van der Waals surface area contributed by atoms with Crippen molar-refractivity contribution in [3.63, 3.8) is 0 Å². The minimum atomic E-state index is -3.43. The first kappa shape index (κ1) is 22.0. The molecule has 1 aliphatic rings. The summed E-state index contributed by atoms with van der Waals surface area (Å²) in [6.45, 7) is 5.33. The molecule has 160 valence electrons. The third-order valence-electron chi connectivity index (χ3n) is 5.30. The van der Waals surface area contributed by atoms with Gasteiger partial charge >= 0.3 is 11.8 Å². The molecule has 1 saturated heterocycles. The monoisotopic (exact) mass is 429 g/mol. The van der Waals surface area contributed by atoms with Crippen molar-refractivity contribution in [1.29, 1.82) is 0 Å². The van der Waals surface area contributed by atoms with E-state index in [0.717, 1.165) is 29.5 Å². The zero-order chi connectivity index (χ0) is 21.7. The first-order chi connectivity index (χ1) is 14.3. The van der Waals surface area contributed by atoms with Crippen LogP contribution in [0.2, 0.25) is 0 Å². The zero-order valence-corrected chi connectivity index (χ0v) is 18.1.